The normalized spacial score (nSPS) is 13.4. The summed E-state index contributed by atoms with van der Waals surface area (Å²) in [7, 11) is 0. The molecule has 0 aliphatic heterocycles. The molecule has 4 heteroatoms. The minimum absolute atomic E-state index is 0.194. The molecule has 0 aromatic carbocycles. The molecule has 0 aliphatic rings. The predicted molar refractivity (Wildman–Crippen MR) is 168 cm³/mol. The summed E-state index contributed by atoms with van der Waals surface area (Å²) in [6.45, 7) is 5.11. The third kappa shape index (κ3) is 30.2. The van der Waals surface area contributed by atoms with Crippen molar-refractivity contribution in [3.8, 4) is 0 Å². The van der Waals surface area contributed by atoms with E-state index in [-0.39, 0.29) is 19.2 Å². The third-order valence-electron chi connectivity index (χ3n) is 6.05. The lowest BCUT2D eigenvalue weighted by Crippen LogP contribution is -2.27. The summed E-state index contributed by atoms with van der Waals surface area (Å²) in [4.78, 5) is 12.0. The molecule has 0 heterocycles. The van der Waals surface area contributed by atoms with Gasteiger partial charge in [0.25, 0.3) is 0 Å². The van der Waals surface area contributed by atoms with Gasteiger partial charge in [0.2, 0.25) is 0 Å². The second kappa shape index (κ2) is 32.0. The van der Waals surface area contributed by atoms with Crippen molar-refractivity contribution in [3.63, 3.8) is 0 Å². The van der Waals surface area contributed by atoms with Crippen LogP contribution in [0.2, 0.25) is 0 Å². The highest BCUT2D eigenvalue weighted by molar-refractivity contribution is 5.69. The number of hydrogen-bond acceptors (Lipinski definition) is 4. The van der Waals surface area contributed by atoms with Crippen LogP contribution >= 0.6 is 0 Å². The Hall–Kier alpha value is -2.17. The monoisotopic (exact) mass is 542 g/mol. The van der Waals surface area contributed by atoms with Gasteiger partial charge < -0.3 is 14.6 Å². The Morgan fingerprint density at radius 2 is 1.15 bits per heavy atom. The molecule has 0 fully saturated rings. The minimum atomic E-state index is -0.555. The van der Waals surface area contributed by atoms with Gasteiger partial charge in [0.15, 0.2) is 0 Å². The molecule has 1 atom stereocenters. The van der Waals surface area contributed by atoms with Crippen molar-refractivity contribution in [1.29, 1.82) is 0 Å². The molecular formula is C35H58O4. The highest BCUT2D eigenvalue weighted by Gasteiger charge is 2.13. The largest absolute Gasteiger partial charge is 0.457 e. The van der Waals surface area contributed by atoms with Crippen LogP contribution in [0.1, 0.15) is 117 Å². The predicted octanol–water partition coefficient (Wildman–Crippen LogP) is 9.53. The molecule has 0 amide bonds. The molecule has 39 heavy (non-hydrogen) atoms. The molecule has 222 valence electrons. The topological polar surface area (TPSA) is 55.8 Å². The number of aliphatic hydroxyl groups excluding tert-OH is 1. The molecule has 0 rings (SSSR count). The average molecular weight is 543 g/mol. The lowest BCUT2D eigenvalue weighted by molar-refractivity contribution is -0.154. The van der Waals surface area contributed by atoms with E-state index < -0.39 is 6.10 Å². The zero-order valence-corrected chi connectivity index (χ0v) is 25.1. The van der Waals surface area contributed by atoms with Gasteiger partial charge in [-0.1, -0.05) is 119 Å². The van der Waals surface area contributed by atoms with Gasteiger partial charge in [0.1, 0.15) is 6.10 Å². The number of esters is 1. The van der Waals surface area contributed by atoms with Crippen LogP contribution in [0.4, 0.5) is 0 Å². The molecular weight excluding hydrogens is 484 g/mol. The van der Waals surface area contributed by atoms with Gasteiger partial charge >= 0.3 is 5.97 Å². The van der Waals surface area contributed by atoms with Gasteiger partial charge in [0, 0.05) is 13.0 Å². The summed E-state index contributed by atoms with van der Waals surface area (Å²) >= 11 is 0. The average Bonchev–Trinajstić information content (AvgIpc) is 2.94. The van der Waals surface area contributed by atoms with Crippen LogP contribution in [0, 0.1) is 0 Å². The van der Waals surface area contributed by atoms with Crippen LogP contribution < -0.4 is 0 Å². The number of ether oxygens (including phenoxy) is 2. The maximum atomic E-state index is 12.0. The fourth-order valence-corrected chi connectivity index (χ4v) is 3.74. The Morgan fingerprint density at radius 3 is 1.69 bits per heavy atom. The quantitative estimate of drug-likeness (QED) is 0.0638. The SMILES string of the molecule is CC/C=C\C/C=C\C/C=C\C/C=C\C/C=C\C/C=C\CCCCC(=O)OC(CO)COCCCCCCCC. The lowest BCUT2D eigenvalue weighted by Gasteiger charge is -2.15. The summed E-state index contributed by atoms with van der Waals surface area (Å²) in [5.41, 5.74) is 0. The molecule has 1 N–H and O–H groups in total. The van der Waals surface area contributed by atoms with Gasteiger partial charge in [-0.05, 0) is 64.2 Å². The molecule has 0 aromatic heterocycles. The molecule has 0 aromatic rings. The van der Waals surface area contributed by atoms with Crippen LogP contribution in [0.5, 0.6) is 0 Å². The van der Waals surface area contributed by atoms with E-state index in [9.17, 15) is 9.90 Å². The van der Waals surface area contributed by atoms with Crippen LogP contribution in [0.25, 0.3) is 0 Å². The number of rotatable bonds is 27. The maximum absolute atomic E-state index is 12.0. The zero-order valence-electron chi connectivity index (χ0n) is 25.1. The van der Waals surface area contributed by atoms with E-state index in [2.05, 4.69) is 86.8 Å². The van der Waals surface area contributed by atoms with Crippen molar-refractivity contribution < 1.29 is 19.4 Å². The van der Waals surface area contributed by atoms with Crippen molar-refractivity contribution in [3.05, 3.63) is 72.9 Å². The van der Waals surface area contributed by atoms with E-state index in [4.69, 9.17) is 9.47 Å². The summed E-state index contributed by atoms with van der Waals surface area (Å²) < 4.78 is 10.9. The Bertz CT molecular complexity index is 699. The van der Waals surface area contributed by atoms with E-state index in [0.717, 1.165) is 64.2 Å². The van der Waals surface area contributed by atoms with E-state index in [1.54, 1.807) is 0 Å². The first-order valence-electron chi connectivity index (χ1n) is 15.5. The minimum Gasteiger partial charge on any atom is -0.457 e. The number of allylic oxidation sites excluding steroid dienone is 12. The highest BCUT2D eigenvalue weighted by Crippen LogP contribution is 2.07. The third-order valence-corrected chi connectivity index (χ3v) is 6.05. The van der Waals surface area contributed by atoms with Crippen molar-refractivity contribution in [2.24, 2.45) is 0 Å². The number of carbonyl (C=O) groups is 1. The first-order valence-corrected chi connectivity index (χ1v) is 15.5. The molecule has 1 unspecified atom stereocenters. The van der Waals surface area contributed by atoms with Gasteiger partial charge in [-0.15, -0.1) is 0 Å². The Labute approximate surface area is 240 Å². The zero-order chi connectivity index (χ0) is 28.5. The molecule has 0 saturated carbocycles. The molecule has 0 aliphatic carbocycles. The van der Waals surface area contributed by atoms with Crippen LogP contribution in [-0.2, 0) is 14.3 Å². The van der Waals surface area contributed by atoms with Gasteiger partial charge in [-0.3, -0.25) is 4.79 Å². The number of carbonyl (C=O) groups excluding carboxylic acids is 1. The van der Waals surface area contributed by atoms with E-state index in [0.29, 0.717) is 13.0 Å². The molecule has 0 saturated heterocycles. The second-order valence-corrected chi connectivity index (χ2v) is 9.80. The van der Waals surface area contributed by atoms with Crippen molar-refractivity contribution in [2.45, 2.75) is 123 Å². The Morgan fingerprint density at radius 1 is 0.641 bits per heavy atom. The first-order chi connectivity index (χ1) is 19.2. The smallest absolute Gasteiger partial charge is 0.306 e. The molecule has 0 spiro atoms. The molecule has 4 nitrogen and oxygen atoms in total. The fourth-order valence-electron chi connectivity index (χ4n) is 3.74. The summed E-state index contributed by atoms with van der Waals surface area (Å²) in [5.74, 6) is -0.250. The van der Waals surface area contributed by atoms with E-state index >= 15 is 0 Å². The lowest BCUT2D eigenvalue weighted by atomic mass is 10.1. The van der Waals surface area contributed by atoms with E-state index in [1.165, 1.54) is 32.1 Å². The number of hydrogen-bond donors (Lipinski definition) is 1. The number of aliphatic hydroxyl groups is 1. The van der Waals surface area contributed by atoms with Crippen LogP contribution in [0.3, 0.4) is 0 Å². The second-order valence-electron chi connectivity index (χ2n) is 9.80. The van der Waals surface area contributed by atoms with Gasteiger partial charge in [0.05, 0.1) is 13.2 Å². The molecule has 0 bridgehead atoms. The van der Waals surface area contributed by atoms with Gasteiger partial charge in [-0.25, -0.2) is 0 Å². The molecule has 0 radical (unpaired) electrons. The first kappa shape index (κ1) is 36.8. The summed E-state index contributed by atoms with van der Waals surface area (Å²) in [6.07, 6.45) is 42.3. The standard InChI is InChI=1S/C35H58O4/c1-3-5-7-9-11-12-13-14-15-16-17-18-19-20-21-22-23-24-25-26-28-30-35(37)39-34(32-36)33-38-31-29-27-10-8-6-4-2/h5,7,11-12,14-15,17-18,20-21,23-24,34,36H,3-4,6,8-10,13,16,19,22,25-33H2,1-2H3/b7-5-,12-11-,15-14-,18-17-,21-20-,24-23-. The van der Waals surface area contributed by atoms with E-state index in [1.807, 2.05) is 0 Å². The van der Waals surface area contributed by atoms with Crippen LogP contribution in [-0.4, -0.2) is 37.0 Å². The Balaban J connectivity index is 3.65. The number of unbranched alkanes of at least 4 members (excludes halogenated alkanes) is 7. The van der Waals surface area contributed by atoms with Crippen molar-refractivity contribution >= 4 is 5.97 Å². The fraction of sp³-hybridized carbons (Fsp3) is 0.629. The van der Waals surface area contributed by atoms with Gasteiger partial charge in [-0.2, -0.15) is 0 Å². The van der Waals surface area contributed by atoms with Crippen molar-refractivity contribution in [2.75, 3.05) is 19.8 Å². The highest BCUT2D eigenvalue weighted by atomic mass is 16.6. The van der Waals surface area contributed by atoms with Crippen molar-refractivity contribution in [1.82, 2.24) is 0 Å². The maximum Gasteiger partial charge on any atom is 0.306 e. The van der Waals surface area contributed by atoms with Crippen LogP contribution in [0.15, 0.2) is 72.9 Å². The summed E-state index contributed by atoms with van der Waals surface area (Å²) in [5, 5.41) is 9.44. The summed E-state index contributed by atoms with van der Waals surface area (Å²) in [6, 6.07) is 0. The Kier molecular flexibility index (Phi) is 30.3.